The van der Waals surface area contributed by atoms with Gasteiger partial charge in [0.25, 0.3) is 5.91 Å². The second-order valence-electron chi connectivity index (χ2n) is 9.05. The van der Waals surface area contributed by atoms with Crippen molar-refractivity contribution in [1.29, 1.82) is 0 Å². The summed E-state index contributed by atoms with van der Waals surface area (Å²) in [5.74, 6) is 1.66. The van der Waals surface area contributed by atoms with Crippen LogP contribution in [0.1, 0.15) is 54.5 Å². The Labute approximate surface area is 185 Å². The molecule has 1 amide bonds. The van der Waals surface area contributed by atoms with Crippen molar-refractivity contribution >= 4 is 11.6 Å². The number of carbonyl (C=O) groups excluding carboxylic acids is 1. The zero-order valence-corrected chi connectivity index (χ0v) is 19.1. The number of nitrogens with zero attached hydrogens (tertiary/aromatic N) is 3. The van der Waals surface area contributed by atoms with Crippen LogP contribution in [0.3, 0.4) is 0 Å². The highest BCUT2D eigenvalue weighted by Crippen LogP contribution is 2.35. The number of ether oxygens (including phenoxy) is 1. The highest BCUT2D eigenvalue weighted by atomic mass is 16.5. The van der Waals surface area contributed by atoms with Crippen molar-refractivity contribution in [3.05, 3.63) is 64.7 Å². The third kappa shape index (κ3) is 4.82. The van der Waals surface area contributed by atoms with Crippen LogP contribution in [-0.2, 0) is 4.79 Å². The number of amides is 1. The molecule has 0 bridgehead atoms. The third-order valence-corrected chi connectivity index (χ3v) is 6.61. The number of hydrazone groups is 1. The minimum absolute atomic E-state index is 0.0612. The summed E-state index contributed by atoms with van der Waals surface area (Å²) in [5, 5.41) is 6.59. The van der Waals surface area contributed by atoms with E-state index < -0.39 is 0 Å². The van der Waals surface area contributed by atoms with Crippen molar-refractivity contribution in [2.45, 2.75) is 46.1 Å². The van der Waals surface area contributed by atoms with Gasteiger partial charge >= 0.3 is 0 Å². The van der Waals surface area contributed by atoms with E-state index in [4.69, 9.17) is 9.84 Å². The molecule has 2 aromatic carbocycles. The highest BCUT2D eigenvalue weighted by molar-refractivity contribution is 6.03. The predicted octanol–water partition coefficient (Wildman–Crippen LogP) is 4.72. The number of rotatable bonds is 5. The molecule has 0 aliphatic carbocycles. The van der Waals surface area contributed by atoms with Crippen molar-refractivity contribution in [2.75, 3.05) is 26.7 Å². The lowest BCUT2D eigenvalue weighted by atomic mass is 9.94. The van der Waals surface area contributed by atoms with Gasteiger partial charge in [0.1, 0.15) is 5.75 Å². The van der Waals surface area contributed by atoms with E-state index in [1.54, 1.807) is 12.1 Å². The van der Waals surface area contributed by atoms with Gasteiger partial charge in [-0.15, -0.1) is 0 Å². The summed E-state index contributed by atoms with van der Waals surface area (Å²) in [4.78, 5) is 15.7. The van der Waals surface area contributed by atoms with E-state index in [-0.39, 0.29) is 11.9 Å². The predicted molar refractivity (Wildman–Crippen MR) is 124 cm³/mol. The monoisotopic (exact) mass is 419 g/mol. The number of hydrogen-bond donors (Lipinski definition) is 0. The maximum absolute atomic E-state index is 13.4. The van der Waals surface area contributed by atoms with Gasteiger partial charge in [-0.3, -0.25) is 9.69 Å². The molecule has 5 nitrogen and oxygen atoms in total. The van der Waals surface area contributed by atoms with E-state index in [9.17, 15) is 4.79 Å². The number of carbonyl (C=O) groups is 1. The molecule has 5 heteroatoms. The van der Waals surface area contributed by atoms with Crippen LogP contribution in [0.15, 0.2) is 47.6 Å². The van der Waals surface area contributed by atoms with Gasteiger partial charge in [0.05, 0.1) is 25.4 Å². The van der Waals surface area contributed by atoms with Crippen LogP contribution in [0, 0.1) is 19.8 Å². The third-order valence-electron chi connectivity index (χ3n) is 6.61. The lowest BCUT2D eigenvalue weighted by molar-refractivity contribution is -0.134. The second-order valence-corrected chi connectivity index (χ2v) is 9.05. The topological polar surface area (TPSA) is 45.1 Å². The standard InChI is InChI=1S/C26H33N3O2/c1-18-11-13-28(14-12-18)17-26(30)29-25(23-10-5-19(2)15-20(23)3)16-24(27-29)21-6-8-22(31-4)9-7-21/h5-10,15,18,25H,11-14,16-17H2,1-4H3/t25-/m1/s1. The van der Waals surface area contributed by atoms with Gasteiger partial charge in [-0.2, -0.15) is 5.10 Å². The summed E-state index contributed by atoms with van der Waals surface area (Å²) >= 11 is 0. The highest BCUT2D eigenvalue weighted by Gasteiger charge is 2.34. The summed E-state index contributed by atoms with van der Waals surface area (Å²) in [7, 11) is 1.67. The fourth-order valence-corrected chi connectivity index (χ4v) is 4.62. The Kier molecular flexibility index (Phi) is 6.42. The largest absolute Gasteiger partial charge is 0.497 e. The summed E-state index contributed by atoms with van der Waals surface area (Å²) < 4.78 is 5.29. The molecule has 0 unspecified atom stereocenters. The van der Waals surface area contributed by atoms with Gasteiger partial charge in [-0.25, -0.2) is 5.01 Å². The zero-order chi connectivity index (χ0) is 22.0. The summed E-state index contributed by atoms with van der Waals surface area (Å²) in [6.07, 6.45) is 3.04. The first-order valence-electron chi connectivity index (χ1n) is 11.3. The van der Waals surface area contributed by atoms with Gasteiger partial charge in [0, 0.05) is 6.42 Å². The first-order chi connectivity index (χ1) is 14.9. The molecule has 2 aliphatic heterocycles. The van der Waals surface area contributed by atoms with Gasteiger partial charge in [-0.1, -0.05) is 30.7 Å². The zero-order valence-electron chi connectivity index (χ0n) is 19.1. The number of methoxy groups -OCH3 is 1. The molecule has 2 aliphatic rings. The Hall–Kier alpha value is -2.66. The van der Waals surface area contributed by atoms with E-state index in [0.29, 0.717) is 6.54 Å². The molecule has 1 fully saturated rings. The average Bonchev–Trinajstić information content (AvgIpc) is 3.21. The number of aryl methyl sites for hydroxylation is 2. The van der Waals surface area contributed by atoms with E-state index in [1.807, 2.05) is 24.3 Å². The van der Waals surface area contributed by atoms with Crippen molar-refractivity contribution in [2.24, 2.45) is 11.0 Å². The van der Waals surface area contributed by atoms with Gasteiger partial charge in [0.2, 0.25) is 0 Å². The van der Waals surface area contributed by atoms with Crippen LogP contribution in [0.25, 0.3) is 0 Å². The molecule has 0 spiro atoms. The fraction of sp³-hybridized carbons (Fsp3) is 0.462. The van der Waals surface area contributed by atoms with Crippen molar-refractivity contribution < 1.29 is 9.53 Å². The SMILES string of the molecule is COc1ccc(C2=NN(C(=O)CN3CCC(C)CC3)[C@@H](c3ccc(C)cc3C)C2)cc1. The second kappa shape index (κ2) is 9.23. The maximum atomic E-state index is 13.4. The molecule has 1 saturated heterocycles. The molecule has 2 heterocycles. The van der Waals surface area contributed by atoms with E-state index >= 15 is 0 Å². The van der Waals surface area contributed by atoms with Crippen molar-refractivity contribution in [3.63, 3.8) is 0 Å². The van der Waals surface area contributed by atoms with Crippen LogP contribution in [0.2, 0.25) is 0 Å². The van der Waals surface area contributed by atoms with E-state index in [0.717, 1.165) is 55.3 Å². The number of hydrogen-bond acceptors (Lipinski definition) is 4. The van der Waals surface area contributed by atoms with Crippen molar-refractivity contribution in [1.82, 2.24) is 9.91 Å². The molecule has 164 valence electrons. The molecule has 4 rings (SSSR count). The smallest absolute Gasteiger partial charge is 0.257 e. The van der Waals surface area contributed by atoms with Gasteiger partial charge in [-0.05, 0) is 86.7 Å². The minimum atomic E-state index is -0.0612. The normalized spacial score (nSPS) is 20.1. The molecule has 2 aromatic rings. The van der Waals surface area contributed by atoms with Crippen LogP contribution in [0.4, 0.5) is 0 Å². The van der Waals surface area contributed by atoms with Gasteiger partial charge in [0.15, 0.2) is 0 Å². The van der Waals surface area contributed by atoms with E-state index in [2.05, 4.69) is 43.9 Å². The molecule has 0 N–H and O–H groups in total. The van der Waals surface area contributed by atoms with Crippen LogP contribution < -0.4 is 4.74 Å². The average molecular weight is 420 g/mol. The lowest BCUT2D eigenvalue weighted by Gasteiger charge is -2.31. The summed E-state index contributed by atoms with van der Waals surface area (Å²) in [5.41, 5.74) is 5.61. The molecule has 1 atom stereocenters. The molecule has 31 heavy (non-hydrogen) atoms. The Balaban J connectivity index is 1.60. The van der Waals surface area contributed by atoms with Crippen LogP contribution >= 0.6 is 0 Å². The van der Waals surface area contributed by atoms with Crippen LogP contribution in [0.5, 0.6) is 5.75 Å². The minimum Gasteiger partial charge on any atom is -0.497 e. The number of piperidine rings is 1. The Morgan fingerprint density at radius 3 is 2.45 bits per heavy atom. The molecular weight excluding hydrogens is 386 g/mol. The molecule has 0 aromatic heterocycles. The molecule has 0 radical (unpaired) electrons. The lowest BCUT2D eigenvalue weighted by Crippen LogP contribution is -2.41. The first-order valence-corrected chi connectivity index (χ1v) is 11.3. The van der Waals surface area contributed by atoms with Gasteiger partial charge < -0.3 is 4.74 Å². The quantitative estimate of drug-likeness (QED) is 0.704. The fourth-order valence-electron chi connectivity index (χ4n) is 4.62. The van der Waals surface area contributed by atoms with E-state index in [1.165, 1.54) is 16.7 Å². The summed E-state index contributed by atoms with van der Waals surface area (Å²) in [6, 6.07) is 14.4. The summed E-state index contributed by atoms with van der Waals surface area (Å²) in [6.45, 7) is 8.94. The molecular formula is C26H33N3O2. The van der Waals surface area contributed by atoms with Crippen molar-refractivity contribution in [3.8, 4) is 5.75 Å². The number of benzene rings is 2. The molecule has 0 saturated carbocycles. The first kappa shape index (κ1) is 21.6. The Bertz CT molecular complexity index is 959. The maximum Gasteiger partial charge on any atom is 0.257 e. The Morgan fingerprint density at radius 1 is 1.10 bits per heavy atom. The van der Waals surface area contributed by atoms with Crippen LogP contribution in [-0.4, -0.2) is 48.3 Å². The Morgan fingerprint density at radius 2 is 1.81 bits per heavy atom. The number of likely N-dealkylation sites (tertiary alicyclic amines) is 1.